The van der Waals surface area contributed by atoms with Crippen LogP contribution in [0.1, 0.15) is 19.8 Å². The second-order valence-electron chi connectivity index (χ2n) is 4.64. The predicted octanol–water partition coefficient (Wildman–Crippen LogP) is 1.71. The molecule has 2 heterocycles. The van der Waals surface area contributed by atoms with Crippen molar-refractivity contribution in [3.63, 3.8) is 0 Å². The molecule has 0 bridgehead atoms. The van der Waals surface area contributed by atoms with E-state index in [9.17, 15) is 0 Å². The lowest BCUT2D eigenvalue weighted by Gasteiger charge is -2.34. The maximum atomic E-state index is 5.62. The number of hydrogen-bond donors (Lipinski definition) is 1. The van der Waals surface area contributed by atoms with E-state index < -0.39 is 0 Å². The van der Waals surface area contributed by atoms with Gasteiger partial charge in [-0.15, -0.1) is 6.42 Å². The third kappa shape index (κ3) is 2.37. The maximum Gasteiger partial charge on any atom is 0.0682 e. The molecule has 0 radical (unpaired) electrons. The summed E-state index contributed by atoms with van der Waals surface area (Å²) >= 11 is 0. The number of hydrogen-bond acceptors (Lipinski definition) is 3. The van der Waals surface area contributed by atoms with Gasteiger partial charge in [-0.25, -0.2) is 0 Å². The van der Waals surface area contributed by atoms with Gasteiger partial charge in [-0.2, -0.15) is 0 Å². The third-order valence-corrected chi connectivity index (χ3v) is 3.42. The predicted molar refractivity (Wildman–Crippen MR) is 72.2 cm³/mol. The van der Waals surface area contributed by atoms with Gasteiger partial charge in [0.15, 0.2) is 0 Å². The lowest BCUT2D eigenvalue weighted by molar-refractivity contribution is 0.360. The van der Waals surface area contributed by atoms with Gasteiger partial charge in [-0.3, -0.25) is 9.98 Å². The minimum Gasteiger partial charge on any atom is -0.325 e. The zero-order chi connectivity index (χ0) is 12.3. The number of rotatable bonds is 2. The third-order valence-electron chi connectivity index (χ3n) is 3.42. The Balaban J connectivity index is 2.17. The van der Waals surface area contributed by atoms with Crippen molar-refractivity contribution in [1.82, 2.24) is 0 Å². The Labute approximate surface area is 102 Å². The second-order valence-corrected chi connectivity index (χ2v) is 4.64. The van der Waals surface area contributed by atoms with Crippen molar-refractivity contribution in [2.24, 2.45) is 21.6 Å². The van der Waals surface area contributed by atoms with Crippen LogP contribution in [0.25, 0.3) is 0 Å². The molecular formula is C14H17N3. The molecule has 17 heavy (non-hydrogen) atoms. The summed E-state index contributed by atoms with van der Waals surface area (Å²) in [6.45, 7) is 2.64. The number of allylic oxidation sites excluding steroid dienone is 1. The molecule has 88 valence electrons. The van der Waals surface area contributed by atoms with Gasteiger partial charge in [0.05, 0.1) is 5.54 Å². The molecule has 1 unspecified atom stereocenters. The first kappa shape index (κ1) is 11.8. The minimum atomic E-state index is -0.118. The average Bonchev–Trinajstić information content (AvgIpc) is 2.40. The van der Waals surface area contributed by atoms with Gasteiger partial charge in [0.1, 0.15) is 0 Å². The maximum absolute atomic E-state index is 5.62. The lowest BCUT2D eigenvalue weighted by Crippen LogP contribution is -2.34. The average molecular weight is 227 g/mol. The number of terminal acetylenes is 1. The Morgan fingerprint density at radius 1 is 1.65 bits per heavy atom. The highest BCUT2D eigenvalue weighted by Gasteiger charge is 2.33. The van der Waals surface area contributed by atoms with E-state index >= 15 is 0 Å². The molecule has 0 spiro atoms. The molecule has 3 heteroatoms. The van der Waals surface area contributed by atoms with Crippen LogP contribution in [0.15, 0.2) is 33.4 Å². The van der Waals surface area contributed by atoms with E-state index in [1.165, 1.54) is 0 Å². The molecule has 0 aliphatic carbocycles. The van der Waals surface area contributed by atoms with Crippen LogP contribution in [0.5, 0.6) is 0 Å². The summed E-state index contributed by atoms with van der Waals surface area (Å²) in [5, 5.41) is 0. The lowest BCUT2D eigenvalue weighted by atomic mass is 9.78. The summed E-state index contributed by atoms with van der Waals surface area (Å²) in [6, 6.07) is 0. The zero-order valence-corrected chi connectivity index (χ0v) is 10.1. The van der Waals surface area contributed by atoms with Crippen LogP contribution in [-0.2, 0) is 0 Å². The molecule has 2 atom stereocenters. The topological polar surface area (TPSA) is 50.7 Å². The highest BCUT2D eigenvalue weighted by molar-refractivity contribution is 5.85. The van der Waals surface area contributed by atoms with E-state index in [0.717, 1.165) is 24.1 Å². The monoisotopic (exact) mass is 227 g/mol. The van der Waals surface area contributed by atoms with Crippen molar-refractivity contribution in [3.05, 3.63) is 23.4 Å². The molecule has 3 nitrogen and oxygen atoms in total. The standard InChI is InChI=1S/C14H17N3/c1-3-11-4-6-14(2,17-10-11)12-5-7-16-13(8-12)9-15/h1,4,7-8,10,12H,5-6,9,15H2,2H3/t12?,14-/m1/s1. The largest absolute Gasteiger partial charge is 0.325 e. The van der Waals surface area contributed by atoms with Gasteiger partial charge in [0.2, 0.25) is 0 Å². The van der Waals surface area contributed by atoms with E-state index in [1.807, 2.05) is 6.21 Å². The van der Waals surface area contributed by atoms with Crippen molar-refractivity contribution < 1.29 is 0 Å². The first-order valence-electron chi connectivity index (χ1n) is 5.83. The Kier molecular flexibility index (Phi) is 3.26. The highest BCUT2D eigenvalue weighted by Crippen LogP contribution is 2.34. The molecule has 0 amide bonds. The van der Waals surface area contributed by atoms with Crippen LogP contribution >= 0.6 is 0 Å². The summed E-state index contributed by atoms with van der Waals surface area (Å²) in [4.78, 5) is 8.89. The fourth-order valence-electron chi connectivity index (χ4n) is 2.16. The smallest absolute Gasteiger partial charge is 0.0682 e. The molecule has 0 aromatic rings. The number of dihydropyridines is 1. The number of aliphatic imine (C=N–C) groups is 2. The summed E-state index contributed by atoms with van der Waals surface area (Å²) in [5.41, 5.74) is 7.32. The van der Waals surface area contributed by atoms with Crippen molar-refractivity contribution in [2.75, 3.05) is 6.54 Å². The van der Waals surface area contributed by atoms with E-state index in [1.54, 1.807) is 6.21 Å². The van der Waals surface area contributed by atoms with E-state index in [-0.39, 0.29) is 5.54 Å². The van der Waals surface area contributed by atoms with Crippen molar-refractivity contribution in [2.45, 2.75) is 25.3 Å². The fourth-order valence-corrected chi connectivity index (χ4v) is 2.16. The molecule has 0 aromatic carbocycles. The first-order valence-corrected chi connectivity index (χ1v) is 5.83. The minimum absolute atomic E-state index is 0.118. The van der Waals surface area contributed by atoms with Gasteiger partial charge >= 0.3 is 0 Å². The number of nitrogens with zero attached hydrogens (tertiary/aromatic N) is 2. The first-order chi connectivity index (χ1) is 8.18. The molecule has 2 aliphatic rings. The van der Waals surface area contributed by atoms with Gasteiger partial charge < -0.3 is 5.73 Å². The van der Waals surface area contributed by atoms with Crippen LogP contribution in [0.3, 0.4) is 0 Å². The molecule has 0 aromatic heterocycles. The van der Waals surface area contributed by atoms with Gasteiger partial charge in [0, 0.05) is 36.2 Å². The van der Waals surface area contributed by atoms with Crippen LogP contribution in [0, 0.1) is 18.3 Å². The molecule has 2 N–H and O–H groups in total. The van der Waals surface area contributed by atoms with Crippen LogP contribution < -0.4 is 5.73 Å². The van der Waals surface area contributed by atoms with Crippen LogP contribution in [-0.4, -0.2) is 24.5 Å². The van der Waals surface area contributed by atoms with Crippen molar-refractivity contribution in [1.29, 1.82) is 0 Å². The Morgan fingerprint density at radius 3 is 3.06 bits per heavy atom. The summed E-state index contributed by atoms with van der Waals surface area (Å²) in [5.74, 6) is 2.97. The summed E-state index contributed by atoms with van der Waals surface area (Å²) in [7, 11) is 0. The van der Waals surface area contributed by atoms with Crippen LogP contribution in [0.2, 0.25) is 0 Å². The molecule has 0 saturated carbocycles. The normalized spacial score (nSPS) is 31.7. The van der Waals surface area contributed by atoms with Crippen molar-refractivity contribution >= 4 is 12.4 Å². The van der Waals surface area contributed by atoms with Gasteiger partial charge in [0.25, 0.3) is 0 Å². The molecular weight excluding hydrogens is 210 g/mol. The highest BCUT2D eigenvalue weighted by atomic mass is 14.9. The van der Waals surface area contributed by atoms with E-state index in [0.29, 0.717) is 12.5 Å². The molecule has 0 fully saturated rings. The van der Waals surface area contributed by atoms with E-state index in [4.69, 9.17) is 12.2 Å². The Hall–Kier alpha value is -1.66. The number of nitrogens with two attached hydrogens (primary N) is 1. The molecule has 2 aliphatic heterocycles. The summed E-state index contributed by atoms with van der Waals surface area (Å²) < 4.78 is 0. The van der Waals surface area contributed by atoms with E-state index in [2.05, 4.69) is 35.0 Å². The van der Waals surface area contributed by atoms with Gasteiger partial charge in [-0.05, 0) is 19.8 Å². The molecule has 2 rings (SSSR count). The van der Waals surface area contributed by atoms with Crippen molar-refractivity contribution in [3.8, 4) is 12.3 Å². The summed E-state index contributed by atoms with van der Waals surface area (Å²) in [6.07, 6.45) is 15.1. The quantitative estimate of drug-likeness (QED) is 0.717. The fraction of sp³-hybridized carbons (Fsp3) is 0.429. The van der Waals surface area contributed by atoms with Crippen LogP contribution in [0.4, 0.5) is 0 Å². The Bertz CT molecular complexity index is 462. The zero-order valence-electron chi connectivity index (χ0n) is 10.1. The second kappa shape index (κ2) is 4.68. The van der Waals surface area contributed by atoms with Gasteiger partial charge in [-0.1, -0.05) is 18.1 Å². The molecule has 0 saturated heterocycles. The Morgan fingerprint density at radius 2 is 2.47 bits per heavy atom. The SMILES string of the molecule is C#CC1=CC[C@](C)(C2C=C(CN)N=CC2)N=C1.